The fraction of sp³-hybridized carbons (Fsp3) is 0.533. The first-order chi connectivity index (χ1) is 8.08. The van der Waals surface area contributed by atoms with Gasteiger partial charge in [-0.05, 0) is 34.8 Å². The van der Waals surface area contributed by atoms with E-state index in [2.05, 4.69) is 45.9 Å². The lowest BCUT2D eigenvalue weighted by Crippen LogP contribution is -1.97. The Balaban J connectivity index is 2.95. The van der Waals surface area contributed by atoms with Gasteiger partial charge in [-0.15, -0.1) is 0 Å². The van der Waals surface area contributed by atoms with Crippen molar-refractivity contribution in [3.8, 4) is 6.07 Å². The van der Waals surface area contributed by atoms with Crippen LogP contribution >= 0.6 is 11.8 Å². The van der Waals surface area contributed by atoms with Gasteiger partial charge in [-0.3, -0.25) is 0 Å². The number of hydrogen-bond acceptors (Lipinski definition) is 2. The van der Waals surface area contributed by atoms with Crippen LogP contribution in [0, 0.1) is 11.3 Å². The molecule has 0 fully saturated rings. The summed E-state index contributed by atoms with van der Waals surface area (Å²) >= 11 is 1.89. The van der Waals surface area contributed by atoms with Gasteiger partial charge in [-0.25, -0.2) is 0 Å². The van der Waals surface area contributed by atoms with E-state index in [0.717, 1.165) is 17.7 Å². The van der Waals surface area contributed by atoms with Crippen LogP contribution in [-0.4, -0.2) is 5.25 Å². The topological polar surface area (TPSA) is 23.8 Å². The Morgan fingerprint density at radius 1 is 1.29 bits per heavy atom. The molecular weight excluding hydrogens is 226 g/mol. The highest BCUT2D eigenvalue weighted by molar-refractivity contribution is 7.99. The first-order valence-corrected chi connectivity index (χ1v) is 7.27. The summed E-state index contributed by atoms with van der Waals surface area (Å²) in [4.78, 5) is 0. The summed E-state index contributed by atoms with van der Waals surface area (Å²) in [7, 11) is 0. The van der Waals surface area contributed by atoms with E-state index < -0.39 is 0 Å². The molecule has 17 heavy (non-hydrogen) atoms. The van der Waals surface area contributed by atoms with E-state index in [1.165, 1.54) is 11.1 Å². The molecule has 0 aliphatic heterocycles. The van der Waals surface area contributed by atoms with Gasteiger partial charge in [0.2, 0.25) is 0 Å². The van der Waals surface area contributed by atoms with Crippen molar-refractivity contribution in [3.63, 3.8) is 0 Å². The average molecular weight is 247 g/mol. The Hall–Kier alpha value is -0.940. The first-order valence-electron chi connectivity index (χ1n) is 6.23. The van der Waals surface area contributed by atoms with Gasteiger partial charge in [-0.2, -0.15) is 17.0 Å². The number of thioether (sulfide) groups is 1. The molecule has 0 saturated carbocycles. The zero-order valence-corrected chi connectivity index (χ0v) is 12.0. The van der Waals surface area contributed by atoms with Gasteiger partial charge in [0.05, 0.1) is 11.6 Å². The fourth-order valence-corrected chi connectivity index (χ4v) is 2.39. The van der Waals surface area contributed by atoms with E-state index in [1.54, 1.807) is 0 Å². The zero-order chi connectivity index (χ0) is 12.8. The Morgan fingerprint density at radius 3 is 2.53 bits per heavy atom. The molecule has 1 atom stereocenters. The maximum absolute atomic E-state index is 9.11. The number of rotatable bonds is 5. The lowest BCUT2D eigenvalue weighted by Gasteiger charge is -2.13. The van der Waals surface area contributed by atoms with Gasteiger partial charge in [0.15, 0.2) is 0 Å². The van der Waals surface area contributed by atoms with Crippen LogP contribution in [0.1, 0.15) is 56.7 Å². The highest BCUT2D eigenvalue weighted by Gasteiger charge is 2.08. The highest BCUT2D eigenvalue weighted by atomic mass is 32.2. The predicted molar refractivity (Wildman–Crippen MR) is 76.3 cm³/mol. The molecule has 0 radical (unpaired) electrons. The molecule has 1 aromatic carbocycles. The molecule has 0 saturated heterocycles. The monoisotopic (exact) mass is 247 g/mol. The molecule has 0 bridgehead atoms. The lowest BCUT2D eigenvalue weighted by molar-refractivity contribution is 0.732. The zero-order valence-electron chi connectivity index (χ0n) is 11.2. The van der Waals surface area contributed by atoms with E-state index in [9.17, 15) is 0 Å². The average Bonchev–Trinajstić information content (AvgIpc) is 2.34. The first kappa shape index (κ1) is 14.1. The summed E-state index contributed by atoms with van der Waals surface area (Å²) in [5.41, 5.74) is 3.36. The molecule has 0 amide bonds. The molecule has 0 aromatic heterocycles. The van der Waals surface area contributed by atoms with E-state index in [0.29, 0.717) is 11.2 Å². The molecule has 92 valence electrons. The van der Waals surface area contributed by atoms with Gasteiger partial charge in [0, 0.05) is 5.75 Å². The molecule has 0 N–H and O–H groups in total. The summed E-state index contributed by atoms with van der Waals surface area (Å²) < 4.78 is 0. The highest BCUT2D eigenvalue weighted by Crippen LogP contribution is 2.25. The number of nitriles is 1. The minimum absolute atomic E-state index is 0.575. The molecule has 0 aliphatic rings. The van der Waals surface area contributed by atoms with Crippen molar-refractivity contribution in [2.24, 2.45) is 0 Å². The number of hydrogen-bond donors (Lipinski definition) is 0. The molecule has 1 rings (SSSR count). The van der Waals surface area contributed by atoms with Crippen molar-refractivity contribution in [1.29, 1.82) is 5.26 Å². The largest absolute Gasteiger partial charge is 0.192 e. The van der Waals surface area contributed by atoms with Crippen LogP contribution in [0.15, 0.2) is 18.2 Å². The van der Waals surface area contributed by atoms with Gasteiger partial charge in [0.1, 0.15) is 0 Å². The standard InChI is InChI=1S/C15H21NS/c1-5-12(4)13-6-7-14(9-16)15(8-13)10-17-11(2)3/h6-8,11-12H,5,10H2,1-4H3. The third kappa shape index (κ3) is 4.09. The third-order valence-corrected chi connectivity index (χ3v) is 4.15. The smallest absolute Gasteiger partial charge is 0.0994 e. The van der Waals surface area contributed by atoms with E-state index in [-0.39, 0.29) is 0 Å². The fourth-order valence-electron chi connectivity index (χ4n) is 1.64. The minimum Gasteiger partial charge on any atom is -0.192 e. The van der Waals surface area contributed by atoms with Crippen LogP contribution in [-0.2, 0) is 5.75 Å². The maximum Gasteiger partial charge on any atom is 0.0994 e. The molecular formula is C15H21NS. The van der Waals surface area contributed by atoms with Crippen LogP contribution in [0.25, 0.3) is 0 Å². The van der Waals surface area contributed by atoms with Crippen LogP contribution < -0.4 is 0 Å². The second-order valence-electron chi connectivity index (χ2n) is 4.70. The van der Waals surface area contributed by atoms with Crippen LogP contribution in [0.3, 0.4) is 0 Å². The Kier molecular flexibility index (Phi) is 5.58. The van der Waals surface area contributed by atoms with Crippen LogP contribution in [0.4, 0.5) is 0 Å². The minimum atomic E-state index is 0.575. The van der Waals surface area contributed by atoms with Crippen LogP contribution in [0.2, 0.25) is 0 Å². The quantitative estimate of drug-likeness (QED) is 0.752. The molecule has 0 heterocycles. The van der Waals surface area contributed by atoms with Crippen molar-refractivity contribution in [2.75, 3.05) is 0 Å². The van der Waals surface area contributed by atoms with E-state index >= 15 is 0 Å². The number of nitrogens with zero attached hydrogens (tertiary/aromatic N) is 1. The normalized spacial score (nSPS) is 12.5. The van der Waals surface area contributed by atoms with Crippen molar-refractivity contribution in [2.45, 2.75) is 51.0 Å². The maximum atomic E-state index is 9.11. The van der Waals surface area contributed by atoms with E-state index in [4.69, 9.17) is 5.26 Å². The second-order valence-corrected chi connectivity index (χ2v) is 6.26. The summed E-state index contributed by atoms with van der Waals surface area (Å²) in [5, 5.41) is 9.72. The molecule has 2 heteroatoms. The van der Waals surface area contributed by atoms with Gasteiger partial charge >= 0.3 is 0 Å². The SMILES string of the molecule is CCC(C)c1ccc(C#N)c(CSC(C)C)c1. The molecule has 0 spiro atoms. The molecule has 0 aliphatic carbocycles. The molecule has 1 unspecified atom stereocenters. The van der Waals surface area contributed by atoms with Gasteiger partial charge in [0.25, 0.3) is 0 Å². The summed E-state index contributed by atoms with van der Waals surface area (Å²) in [6, 6.07) is 8.56. The summed E-state index contributed by atoms with van der Waals surface area (Å²) in [6.07, 6.45) is 1.14. The summed E-state index contributed by atoms with van der Waals surface area (Å²) in [5.74, 6) is 1.51. The van der Waals surface area contributed by atoms with Crippen molar-refractivity contribution < 1.29 is 0 Å². The Labute approximate surface area is 109 Å². The second kappa shape index (κ2) is 6.71. The van der Waals surface area contributed by atoms with Crippen LogP contribution in [0.5, 0.6) is 0 Å². The van der Waals surface area contributed by atoms with Gasteiger partial charge in [-0.1, -0.05) is 39.8 Å². The predicted octanol–water partition coefficient (Wildman–Crippen LogP) is 4.71. The lowest BCUT2D eigenvalue weighted by atomic mass is 9.95. The molecule has 1 nitrogen and oxygen atoms in total. The van der Waals surface area contributed by atoms with Gasteiger partial charge < -0.3 is 0 Å². The van der Waals surface area contributed by atoms with Crippen molar-refractivity contribution in [1.82, 2.24) is 0 Å². The summed E-state index contributed by atoms with van der Waals surface area (Å²) in [6.45, 7) is 8.82. The van der Waals surface area contributed by atoms with Crippen molar-refractivity contribution in [3.05, 3.63) is 34.9 Å². The van der Waals surface area contributed by atoms with E-state index in [1.807, 2.05) is 17.8 Å². The Bertz CT molecular complexity index is 404. The molecule has 1 aromatic rings. The third-order valence-electron chi connectivity index (χ3n) is 3.00. The number of benzene rings is 1. The Morgan fingerprint density at radius 2 is 2.00 bits per heavy atom. The van der Waals surface area contributed by atoms with Crippen molar-refractivity contribution >= 4 is 11.8 Å².